The molecule has 13 nitrogen and oxygen atoms in total. The van der Waals surface area contributed by atoms with Crippen molar-refractivity contribution in [3.8, 4) is 22.8 Å². The van der Waals surface area contributed by atoms with Crippen molar-refractivity contribution in [1.29, 1.82) is 0 Å². The van der Waals surface area contributed by atoms with Gasteiger partial charge in [0, 0.05) is 7.11 Å². The normalized spacial score (nSPS) is 10.9. The molecule has 0 saturated carbocycles. The first kappa shape index (κ1) is 30.4. The number of aromatic nitrogens is 4. The Bertz CT molecular complexity index is 1760. The molecule has 0 saturated heterocycles. The van der Waals surface area contributed by atoms with Gasteiger partial charge in [-0.3, -0.25) is 20.2 Å². The van der Waals surface area contributed by atoms with Crippen molar-refractivity contribution in [3.05, 3.63) is 90.3 Å². The number of ether oxygens (including phenoxy) is 3. The summed E-state index contributed by atoms with van der Waals surface area (Å²) in [6.07, 6.45) is 1.00. The van der Waals surface area contributed by atoms with Crippen LogP contribution in [0.15, 0.2) is 53.1 Å². The lowest BCUT2D eigenvalue weighted by atomic mass is 10.0. The number of nitro groups is 2. The zero-order chi connectivity index (χ0) is 30.6. The van der Waals surface area contributed by atoms with Gasteiger partial charge in [-0.2, -0.15) is 10.2 Å². The van der Waals surface area contributed by atoms with E-state index in [0.29, 0.717) is 69.2 Å². The maximum absolute atomic E-state index is 11.6. The number of halogens is 1. The summed E-state index contributed by atoms with van der Waals surface area (Å²) in [6.45, 7) is 4.10. The average molecular weight is 641 g/mol. The number of hydrogen-bond donors (Lipinski definition) is 0. The SMILES string of the molecule is CCc1nn2c(-c3c(OC)cc(COC)cc3OC)cccc2c1[N+](=O)[O-].CCc1nn2c(Br)cccc2c1[N+](=O)[O-]. The minimum absolute atomic E-state index is 0.0216. The van der Waals surface area contributed by atoms with Gasteiger partial charge in [-0.15, -0.1) is 0 Å². The number of fused-ring (bicyclic) bond motifs is 2. The molecule has 14 heteroatoms. The standard InChI is InChI=1S/C19H21N3O5.C9H8BrN3O2/c1-5-13-19(22(23)24)15-8-6-7-14(21(15)20-13)18-16(26-3)9-12(11-25-2)10-17(18)27-4;1-2-6-9(13(14)15)7-4-3-5-8(10)12(7)11-6/h6-10H,5,11H2,1-4H3;3-5H,2H2,1H3. The Kier molecular flexibility index (Phi) is 9.38. The van der Waals surface area contributed by atoms with Crippen molar-refractivity contribution >= 4 is 38.3 Å². The highest BCUT2D eigenvalue weighted by Crippen LogP contribution is 2.41. The van der Waals surface area contributed by atoms with E-state index >= 15 is 0 Å². The van der Waals surface area contributed by atoms with Gasteiger partial charge in [0.2, 0.25) is 0 Å². The second-order valence-corrected chi connectivity index (χ2v) is 9.79. The molecule has 4 heterocycles. The lowest BCUT2D eigenvalue weighted by Crippen LogP contribution is -2.01. The molecule has 0 aliphatic rings. The Morgan fingerprint density at radius 1 is 0.810 bits per heavy atom. The van der Waals surface area contributed by atoms with E-state index in [2.05, 4.69) is 26.1 Å². The molecule has 4 aromatic heterocycles. The topological polar surface area (TPSA) is 149 Å². The first-order valence-electron chi connectivity index (χ1n) is 12.9. The fourth-order valence-corrected chi connectivity index (χ4v) is 5.13. The Balaban J connectivity index is 0.000000227. The number of rotatable bonds is 9. The van der Waals surface area contributed by atoms with Gasteiger partial charge in [-0.25, -0.2) is 9.03 Å². The van der Waals surface area contributed by atoms with Crippen molar-refractivity contribution in [2.24, 2.45) is 0 Å². The van der Waals surface area contributed by atoms with Gasteiger partial charge in [0.1, 0.15) is 38.5 Å². The number of nitrogens with zero attached hydrogens (tertiary/aromatic N) is 6. The fourth-order valence-electron chi connectivity index (χ4n) is 4.71. The molecule has 5 rings (SSSR count). The molecule has 0 radical (unpaired) electrons. The minimum Gasteiger partial charge on any atom is -0.496 e. The summed E-state index contributed by atoms with van der Waals surface area (Å²) in [5.74, 6) is 1.15. The second-order valence-electron chi connectivity index (χ2n) is 8.97. The summed E-state index contributed by atoms with van der Waals surface area (Å²) in [5, 5.41) is 31.1. The van der Waals surface area contributed by atoms with Gasteiger partial charge >= 0.3 is 11.4 Å². The Labute approximate surface area is 249 Å². The van der Waals surface area contributed by atoms with E-state index < -0.39 is 0 Å². The van der Waals surface area contributed by atoms with Crippen molar-refractivity contribution < 1.29 is 24.1 Å². The summed E-state index contributed by atoms with van der Waals surface area (Å²) in [6, 6.07) is 14.2. The molecule has 0 aliphatic carbocycles. The van der Waals surface area contributed by atoms with E-state index in [1.165, 1.54) is 4.52 Å². The molecule has 1 aromatic carbocycles. The zero-order valence-electron chi connectivity index (χ0n) is 23.7. The van der Waals surface area contributed by atoms with Crippen LogP contribution in [0.5, 0.6) is 11.5 Å². The van der Waals surface area contributed by atoms with E-state index in [-0.39, 0.29) is 21.2 Å². The lowest BCUT2D eigenvalue weighted by molar-refractivity contribution is -0.383. The predicted molar refractivity (Wildman–Crippen MR) is 159 cm³/mol. The van der Waals surface area contributed by atoms with Gasteiger partial charge in [0.15, 0.2) is 0 Å². The molecule has 5 aromatic rings. The van der Waals surface area contributed by atoms with Crippen LogP contribution in [0.25, 0.3) is 22.3 Å². The fraction of sp³-hybridized carbons (Fsp3) is 0.286. The van der Waals surface area contributed by atoms with Crippen LogP contribution in [0.1, 0.15) is 30.8 Å². The Morgan fingerprint density at radius 3 is 1.79 bits per heavy atom. The van der Waals surface area contributed by atoms with Crippen LogP contribution in [-0.2, 0) is 24.2 Å². The highest BCUT2D eigenvalue weighted by molar-refractivity contribution is 9.10. The van der Waals surface area contributed by atoms with Crippen LogP contribution in [-0.4, -0.2) is 50.4 Å². The quantitative estimate of drug-likeness (QED) is 0.104. The van der Waals surface area contributed by atoms with Crippen molar-refractivity contribution in [2.45, 2.75) is 33.3 Å². The van der Waals surface area contributed by atoms with Crippen molar-refractivity contribution in [3.63, 3.8) is 0 Å². The molecule has 0 unspecified atom stereocenters. The maximum Gasteiger partial charge on any atom is 0.317 e. The van der Waals surface area contributed by atoms with Crippen LogP contribution >= 0.6 is 15.9 Å². The number of pyridine rings is 2. The summed E-state index contributed by atoms with van der Waals surface area (Å²) < 4.78 is 20.2. The summed E-state index contributed by atoms with van der Waals surface area (Å²) >= 11 is 3.30. The monoisotopic (exact) mass is 640 g/mol. The van der Waals surface area contributed by atoms with Crippen molar-refractivity contribution in [2.75, 3.05) is 21.3 Å². The molecule has 0 spiro atoms. The minimum atomic E-state index is -0.388. The molecule has 0 aliphatic heterocycles. The van der Waals surface area contributed by atoms with Crippen LogP contribution in [0, 0.1) is 20.2 Å². The largest absolute Gasteiger partial charge is 0.496 e. The third-order valence-electron chi connectivity index (χ3n) is 6.52. The zero-order valence-corrected chi connectivity index (χ0v) is 25.2. The van der Waals surface area contributed by atoms with Gasteiger partial charge in [0.25, 0.3) is 0 Å². The first-order valence-corrected chi connectivity index (χ1v) is 13.7. The summed E-state index contributed by atoms with van der Waals surface area (Å²) in [7, 11) is 4.75. The van der Waals surface area contributed by atoms with Gasteiger partial charge in [0.05, 0.1) is 41.9 Å². The molecule has 0 N–H and O–H groups in total. The van der Waals surface area contributed by atoms with E-state index in [0.717, 1.165) is 5.56 Å². The summed E-state index contributed by atoms with van der Waals surface area (Å²) in [5.41, 5.74) is 4.22. The molecule has 0 atom stereocenters. The maximum atomic E-state index is 11.6. The van der Waals surface area contributed by atoms with Crippen LogP contribution < -0.4 is 9.47 Å². The summed E-state index contributed by atoms with van der Waals surface area (Å²) in [4.78, 5) is 21.7. The molecular weight excluding hydrogens is 612 g/mol. The molecular formula is C28H29BrN6O7. The van der Waals surface area contributed by atoms with E-state index in [1.807, 2.05) is 32.0 Å². The molecule has 0 amide bonds. The lowest BCUT2D eigenvalue weighted by Gasteiger charge is -2.16. The number of hydrogen-bond acceptors (Lipinski definition) is 9. The van der Waals surface area contributed by atoms with Crippen LogP contribution in [0.4, 0.5) is 11.4 Å². The second kappa shape index (κ2) is 13.0. The molecule has 42 heavy (non-hydrogen) atoms. The molecule has 0 fully saturated rings. The van der Waals surface area contributed by atoms with E-state index in [9.17, 15) is 20.2 Å². The van der Waals surface area contributed by atoms with Gasteiger partial charge < -0.3 is 14.2 Å². The van der Waals surface area contributed by atoms with Crippen LogP contribution in [0.3, 0.4) is 0 Å². The van der Waals surface area contributed by atoms with Crippen LogP contribution in [0.2, 0.25) is 0 Å². The third-order valence-corrected chi connectivity index (χ3v) is 7.12. The number of aryl methyl sites for hydroxylation is 2. The Morgan fingerprint density at radius 2 is 1.31 bits per heavy atom. The number of methoxy groups -OCH3 is 3. The van der Waals surface area contributed by atoms with Gasteiger partial charge in [-0.1, -0.05) is 26.0 Å². The molecule has 220 valence electrons. The highest BCUT2D eigenvalue weighted by atomic mass is 79.9. The van der Waals surface area contributed by atoms with E-state index in [4.69, 9.17) is 14.2 Å². The Hall–Kier alpha value is -4.56. The smallest absolute Gasteiger partial charge is 0.317 e. The number of benzene rings is 1. The highest BCUT2D eigenvalue weighted by Gasteiger charge is 2.26. The molecule has 0 bridgehead atoms. The predicted octanol–water partition coefficient (Wildman–Crippen LogP) is 6.20. The van der Waals surface area contributed by atoms with E-state index in [1.54, 1.807) is 56.2 Å². The van der Waals surface area contributed by atoms with Gasteiger partial charge in [-0.05, 0) is 70.7 Å². The third kappa shape index (κ3) is 5.63. The first-order chi connectivity index (χ1) is 20.2. The average Bonchev–Trinajstić information content (AvgIpc) is 3.56. The van der Waals surface area contributed by atoms with Crippen molar-refractivity contribution in [1.82, 2.24) is 19.2 Å².